The van der Waals surface area contributed by atoms with Crippen molar-refractivity contribution in [3.8, 4) is 0 Å². The normalized spacial score (nSPS) is 10.6. The second kappa shape index (κ2) is 8.13. The second-order valence-electron chi connectivity index (χ2n) is 5.47. The van der Waals surface area contributed by atoms with Gasteiger partial charge >= 0.3 is 0 Å². The Morgan fingerprint density at radius 3 is 2.76 bits per heavy atom. The third-order valence-electron chi connectivity index (χ3n) is 3.69. The molecule has 0 saturated heterocycles. The van der Waals surface area contributed by atoms with E-state index >= 15 is 0 Å². The molecule has 0 aliphatic carbocycles. The highest BCUT2D eigenvalue weighted by molar-refractivity contribution is 7.80. The van der Waals surface area contributed by atoms with E-state index in [9.17, 15) is 0 Å². The summed E-state index contributed by atoms with van der Waals surface area (Å²) in [7, 11) is 0. The van der Waals surface area contributed by atoms with Gasteiger partial charge in [-0.15, -0.1) is 0 Å². The van der Waals surface area contributed by atoms with Gasteiger partial charge in [0.15, 0.2) is 5.11 Å². The number of benzene rings is 1. The Kier molecular flexibility index (Phi) is 5.67. The molecule has 6 nitrogen and oxygen atoms in total. The monoisotopic (exact) mass is 374 g/mol. The molecule has 0 saturated carbocycles. The molecule has 1 aromatic carbocycles. The van der Waals surface area contributed by atoms with E-state index in [-0.39, 0.29) is 0 Å². The highest BCUT2D eigenvalue weighted by Crippen LogP contribution is 2.15. The van der Waals surface area contributed by atoms with Gasteiger partial charge in [-0.2, -0.15) is 10.2 Å². The van der Waals surface area contributed by atoms with E-state index < -0.39 is 0 Å². The maximum atomic E-state index is 6.15. The van der Waals surface area contributed by atoms with Gasteiger partial charge in [-0.25, -0.2) is 0 Å². The standard InChI is InChI=1S/C17H19ClN6S/c1-2-24-16(15(18)9-21-24)10-19-17(25)22-14-8-20-23(12-14)11-13-6-4-3-5-7-13/h3-9,12H,2,10-11H2,1H3,(H2,19,22,25). The summed E-state index contributed by atoms with van der Waals surface area (Å²) in [5.41, 5.74) is 2.94. The average Bonchev–Trinajstić information content (AvgIpc) is 3.20. The number of aryl methyl sites for hydroxylation is 1. The highest BCUT2D eigenvalue weighted by Gasteiger charge is 2.09. The van der Waals surface area contributed by atoms with Crippen LogP contribution in [0, 0.1) is 0 Å². The third kappa shape index (κ3) is 4.58. The largest absolute Gasteiger partial charge is 0.357 e. The first-order valence-corrected chi connectivity index (χ1v) is 8.75. The first kappa shape index (κ1) is 17.4. The van der Waals surface area contributed by atoms with Crippen molar-refractivity contribution in [2.45, 2.75) is 26.6 Å². The second-order valence-corrected chi connectivity index (χ2v) is 6.29. The maximum absolute atomic E-state index is 6.15. The van der Waals surface area contributed by atoms with Crippen molar-refractivity contribution < 1.29 is 0 Å². The molecule has 0 fully saturated rings. The fourth-order valence-corrected chi connectivity index (χ4v) is 2.86. The molecule has 2 heterocycles. The van der Waals surface area contributed by atoms with Crippen LogP contribution in [0.25, 0.3) is 0 Å². The van der Waals surface area contributed by atoms with Gasteiger partial charge in [0, 0.05) is 12.7 Å². The number of anilines is 1. The Hall–Kier alpha value is -2.38. The SMILES string of the molecule is CCn1ncc(Cl)c1CNC(=S)Nc1cnn(Cc2ccccc2)c1. The lowest BCUT2D eigenvalue weighted by Gasteiger charge is -2.10. The van der Waals surface area contributed by atoms with Gasteiger partial charge in [0.1, 0.15) is 0 Å². The summed E-state index contributed by atoms with van der Waals surface area (Å²) in [4.78, 5) is 0. The van der Waals surface area contributed by atoms with Crippen LogP contribution in [-0.2, 0) is 19.6 Å². The minimum Gasteiger partial charge on any atom is -0.357 e. The molecule has 0 bridgehead atoms. The van der Waals surface area contributed by atoms with Crippen molar-refractivity contribution in [1.82, 2.24) is 24.9 Å². The van der Waals surface area contributed by atoms with Gasteiger partial charge in [-0.05, 0) is 24.7 Å². The molecule has 3 aromatic rings. The summed E-state index contributed by atoms with van der Waals surface area (Å²) in [6.07, 6.45) is 5.32. The topological polar surface area (TPSA) is 59.7 Å². The van der Waals surface area contributed by atoms with Crippen molar-refractivity contribution in [1.29, 1.82) is 0 Å². The summed E-state index contributed by atoms with van der Waals surface area (Å²) in [5.74, 6) is 0. The Balaban J connectivity index is 1.54. The fourth-order valence-electron chi connectivity index (χ4n) is 2.46. The summed E-state index contributed by atoms with van der Waals surface area (Å²) in [5, 5.41) is 16.0. The predicted molar refractivity (Wildman–Crippen MR) is 104 cm³/mol. The number of nitrogens with one attached hydrogen (secondary N) is 2. The number of halogens is 1. The van der Waals surface area contributed by atoms with E-state index in [1.54, 1.807) is 12.4 Å². The van der Waals surface area contributed by atoms with E-state index in [0.717, 1.165) is 17.9 Å². The van der Waals surface area contributed by atoms with Crippen molar-refractivity contribution in [2.24, 2.45) is 0 Å². The van der Waals surface area contributed by atoms with Crippen LogP contribution >= 0.6 is 23.8 Å². The molecule has 0 unspecified atom stereocenters. The first-order valence-electron chi connectivity index (χ1n) is 7.97. The molecular formula is C17H19ClN6S. The lowest BCUT2D eigenvalue weighted by molar-refractivity contribution is 0.614. The van der Waals surface area contributed by atoms with Gasteiger partial charge in [0.25, 0.3) is 0 Å². The van der Waals surface area contributed by atoms with Crippen molar-refractivity contribution >= 4 is 34.6 Å². The Labute approximate surface area is 156 Å². The van der Waals surface area contributed by atoms with Crippen LogP contribution in [0.3, 0.4) is 0 Å². The number of thiocarbonyl (C=S) groups is 1. The quantitative estimate of drug-likeness (QED) is 0.648. The maximum Gasteiger partial charge on any atom is 0.171 e. The zero-order valence-electron chi connectivity index (χ0n) is 13.8. The molecule has 0 spiro atoms. The molecule has 8 heteroatoms. The molecule has 0 radical (unpaired) electrons. The smallest absolute Gasteiger partial charge is 0.171 e. The molecule has 0 aliphatic heterocycles. The number of aromatic nitrogens is 4. The molecule has 0 atom stereocenters. The number of rotatable bonds is 6. The summed E-state index contributed by atoms with van der Waals surface area (Å²) >= 11 is 11.5. The van der Waals surface area contributed by atoms with E-state index in [1.165, 1.54) is 5.56 Å². The van der Waals surface area contributed by atoms with Crippen molar-refractivity contribution in [3.05, 3.63) is 65.2 Å². The van der Waals surface area contributed by atoms with Gasteiger partial charge in [0.2, 0.25) is 0 Å². The summed E-state index contributed by atoms with van der Waals surface area (Å²) in [6, 6.07) is 10.2. The lowest BCUT2D eigenvalue weighted by atomic mass is 10.2. The van der Waals surface area contributed by atoms with Gasteiger partial charge in [-0.1, -0.05) is 41.9 Å². The zero-order valence-corrected chi connectivity index (χ0v) is 15.4. The molecular weight excluding hydrogens is 356 g/mol. The van der Waals surface area contributed by atoms with E-state index in [0.29, 0.717) is 23.2 Å². The van der Waals surface area contributed by atoms with Crippen LogP contribution in [0.5, 0.6) is 0 Å². The van der Waals surface area contributed by atoms with Crippen LogP contribution in [0.15, 0.2) is 48.9 Å². The van der Waals surface area contributed by atoms with Crippen molar-refractivity contribution in [3.63, 3.8) is 0 Å². The minimum absolute atomic E-state index is 0.511. The van der Waals surface area contributed by atoms with Crippen LogP contribution in [-0.4, -0.2) is 24.7 Å². The highest BCUT2D eigenvalue weighted by atomic mass is 35.5. The van der Waals surface area contributed by atoms with Crippen LogP contribution < -0.4 is 10.6 Å². The summed E-state index contributed by atoms with van der Waals surface area (Å²) in [6.45, 7) is 4.01. The molecule has 25 heavy (non-hydrogen) atoms. The Morgan fingerprint density at radius 2 is 2.00 bits per heavy atom. The molecule has 130 valence electrons. The van der Waals surface area contributed by atoms with Gasteiger partial charge in [-0.3, -0.25) is 9.36 Å². The van der Waals surface area contributed by atoms with Gasteiger partial charge in [0.05, 0.1) is 41.9 Å². The lowest BCUT2D eigenvalue weighted by Crippen LogP contribution is -2.28. The predicted octanol–water partition coefficient (Wildman–Crippen LogP) is 3.29. The van der Waals surface area contributed by atoms with E-state index in [2.05, 4.69) is 33.0 Å². The number of nitrogens with zero attached hydrogens (tertiary/aromatic N) is 4. The molecule has 2 N–H and O–H groups in total. The van der Waals surface area contributed by atoms with Crippen LogP contribution in [0.1, 0.15) is 18.2 Å². The summed E-state index contributed by atoms with van der Waals surface area (Å²) < 4.78 is 3.71. The van der Waals surface area contributed by atoms with Crippen LogP contribution in [0.4, 0.5) is 5.69 Å². The minimum atomic E-state index is 0.511. The zero-order chi connectivity index (χ0) is 17.6. The molecule has 3 rings (SSSR count). The molecule has 0 amide bonds. The number of hydrogen-bond acceptors (Lipinski definition) is 3. The van der Waals surface area contributed by atoms with E-state index in [4.69, 9.17) is 23.8 Å². The van der Waals surface area contributed by atoms with E-state index in [1.807, 2.05) is 40.7 Å². The number of hydrogen-bond donors (Lipinski definition) is 2. The van der Waals surface area contributed by atoms with Crippen LogP contribution in [0.2, 0.25) is 5.02 Å². The van der Waals surface area contributed by atoms with Gasteiger partial charge < -0.3 is 10.6 Å². The Bertz CT molecular complexity index is 842. The fraction of sp³-hybridized carbons (Fsp3) is 0.235. The molecule has 0 aliphatic rings. The first-order chi connectivity index (χ1) is 12.2. The molecule has 2 aromatic heterocycles. The third-order valence-corrected chi connectivity index (χ3v) is 4.25. The average molecular weight is 375 g/mol. The van der Waals surface area contributed by atoms with Crippen molar-refractivity contribution in [2.75, 3.05) is 5.32 Å². The Morgan fingerprint density at radius 1 is 1.20 bits per heavy atom.